The lowest BCUT2D eigenvalue weighted by Gasteiger charge is -2.23. The molecule has 3 aromatic rings. The van der Waals surface area contributed by atoms with Crippen molar-refractivity contribution in [3.63, 3.8) is 0 Å². The average molecular weight is 405 g/mol. The summed E-state index contributed by atoms with van der Waals surface area (Å²) in [4.78, 5) is 25.3. The van der Waals surface area contributed by atoms with E-state index in [4.69, 9.17) is 4.52 Å². The SMILES string of the molecule is CCC(C)C(NC(=O)c1ccccc1)C(=O)NCc1cc(-c2ccc(C)cc2)no1. The Morgan fingerprint density at radius 1 is 1.07 bits per heavy atom. The van der Waals surface area contributed by atoms with Crippen molar-refractivity contribution in [3.05, 3.63) is 77.6 Å². The first-order valence-electron chi connectivity index (χ1n) is 10.1. The fraction of sp³-hybridized carbons (Fsp3) is 0.292. The van der Waals surface area contributed by atoms with Crippen LogP contribution in [0.1, 0.15) is 41.9 Å². The van der Waals surface area contributed by atoms with Gasteiger partial charge < -0.3 is 15.2 Å². The highest BCUT2D eigenvalue weighted by molar-refractivity contribution is 5.97. The zero-order valence-electron chi connectivity index (χ0n) is 17.5. The third-order valence-corrected chi connectivity index (χ3v) is 5.16. The summed E-state index contributed by atoms with van der Waals surface area (Å²) in [5.41, 5.74) is 3.37. The molecule has 2 amide bonds. The van der Waals surface area contributed by atoms with E-state index in [0.717, 1.165) is 17.7 Å². The molecule has 0 aliphatic carbocycles. The van der Waals surface area contributed by atoms with Crippen molar-refractivity contribution in [2.24, 2.45) is 5.92 Å². The van der Waals surface area contributed by atoms with E-state index in [-0.39, 0.29) is 24.3 Å². The molecule has 2 aromatic carbocycles. The number of carbonyl (C=O) groups is 2. The van der Waals surface area contributed by atoms with Gasteiger partial charge in [0.05, 0.1) is 6.54 Å². The summed E-state index contributed by atoms with van der Waals surface area (Å²) in [5, 5.41) is 9.80. The highest BCUT2D eigenvalue weighted by Gasteiger charge is 2.26. The van der Waals surface area contributed by atoms with Crippen LogP contribution < -0.4 is 10.6 Å². The quantitative estimate of drug-likeness (QED) is 0.591. The van der Waals surface area contributed by atoms with E-state index in [2.05, 4.69) is 15.8 Å². The standard InChI is InChI=1S/C24H27N3O3/c1-4-17(3)22(26-23(28)19-8-6-5-7-9-19)24(29)25-15-20-14-21(27-30-20)18-12-10-16(2)11-13-18/h5-14,17,22H,4,15H2,1-3H3,(H,25,29)(H,26,28). The molecule has 0 aliphatic rings. The van der Waals surface area contributed by atoms with Crippen LogP contribution >= 0.6 is 0 Å². The predicted octanol–water partition coefficient (Wildman–Crippen LogP) is 4.11. The van der Waals surface area contributed by atoms with Crippen LogP contribution in [0.4, 0.5) is 0 Å². The van der Waals surface area contributed by atoms with Gasteiger partial charge in [0, 0.05) is 17.2 Å². The summed E-state index contributed by atoms with van der Waals surface area (Å²) in [6.07, 6.45) is 0.757. The van der Waals surface area contributed by atoms with Gasteiger partial charge in [-0.2, -0.15) is 0 Å². The van der Waals surface area contributed by atoms with Crippen LogP contribution in [0.5, 0.6) is 0 Å². The van der Waals surface area contributed by atoms with E-state index < -0.39 is 6.04 Å². The minimum absolute atomic E-state index is 0.0180. The molecule has 0 radical (unpaired) electrons. The van der Waals surface area contributed by atoms with Crippen LogP contribution in [0.2, 0.25) is 0 Å². The van der Waals surface area contributed by atoms with E-state index >= 15 is 0 Å². The minimum atomic E-state index is -0.637. The van der Waals surface area contributed by atoms with E-state index in [0.29, 0.717) is 11.3 Å². The molecule has 0 bridgehead atoms. The Morgan fingerprint density at radius 2 is 1.77 bits per heavy atom. The lowest BCUT2D eigenvalue weighted by molar-refractivity contribution is -0.124. The number of carbonyl (C=O) groups excluding carboxylic acids is 2. The molecular weight excluding hydrogens is 378 g/mol. The summed E-state index contributed by atoms with van der Waals surface area (Å²) in [7, 11) is 0. The van der Waals surface area contributed by atoms with Gasteiger partial charge in [0.15, 0.2) is 5.76 Å². The third kappa shape index (κ3) is 5.35. The van der Waals surface area contributed by atoms with Crippen LogP contribution in [0, 0.1) is 12.8 Å². The summed E-state index contributed by atoms with van der Waals surface area (Å²) in [6.45, 7) is 6.16. The van der Waals surface area contributed by atoms with Crippen LogP contribution in [0.3, 0.4) is 0 Å². The first-order valence-corrected chi connectivity index (χ1v) is 10.1. The number of amides is 2. The van der Waals surface area contributed by atoms with E-state index in [9.17, 15) is 9.59 Å². The molecule has 6 heteroatoms. The normalized spacial score (nSPS) is 12.8. The van der Waals surface area contributed by atoms with Gasteiger partial charge in [-0.15, -0.1) is 0 Å². The second kappa shape index (κ2) is 9.87. The summed E-state index contributed by atoms with van der Waals surface area (Å²) < 4.78 is 5.36. The number of benzene rings is 2. The van der Waals surface area contributed by atoms with Gasteiger partial charge in [-0.05, 0) is 25.0 Å². The van der Waals surface area contributed by atoms with Gasteiger partial charge in [0.1, 0.15) is 11.7 Å². The molecule has 30 heavy (non-hydrogen) atoms. The third-order valence-electron chi connectivity index (χ3n) is 5.16. The van der Waals surface area contributed by atoms with Gasteiger partial charge >= 0.3 is 0 Å². The maximum atomic E-state index is 12.8. The molecule has 3 rings (SSSR count). The molecule has 0 fully saturated rings. The Morgan fingerprint density at radius 3 is 2.43 bits per heavy atom. The van der Waals surface area contributed by atoms with Crippen molar-refractivity contribution in [2.75, 3.05) is 0 Å². The number of aryl methyl sites for hydroxylation is 1. The van der Waals surface area contributed by atoms with E-state index in [1.807, 2.05) is 57.2 Å². The topological polar surface area (TPSA) is 84.2 Å². The van der Waals surface area contributed by atoms with Crippen molar-refractivity contribution < 1.29 is 14.1 Å². The first kappa shape index (κ1) is 21.3. The summed E-state index contributed by atoms with van der Waals surface area (Å²) in [5.74, 6) is 0.0195. The lowest BCUT2D eigenvalue weighted by Crippen LogP contribution is -2.50. The van der Waals surface area contributed by atoms with Crippen molar-refractivity contribution >= 4 is 11.8 Å². The zero-order valence-corrected chi connectivity index (χ0v) is 17.5. The number of hydrogen-bond donors (Lipinski definition) is 2. The molecule has 0 saturated carbocycles. The molecular formula is C24H27N3O3. The van der Waals surface area contributed by atoms with Crippen molar-refractivity contribution in [2.45, 2.75) is 39.8 Å². The number of aromatic nitrogens is 1. The molecule has 6 nitrogen and oxygen atoms in total. The second-order valence-electron chi connectivity index (χ2n) is 7.46. The summed E-state index contributed by atoms with van der Waals surface area (Å²) >= 11 is 0. The van der Waals surface area contributed by atoms with Crippen LogP contribution in [-0.4, -0.2) is 23.0 Å². The van der Waals surface area contributed by atoms with Gasteiger partial charge in [-0.25, -0.2) is 0 Å². The van der Waals surface area contributed by atoms with E-state index in [1.54, 1.807) is 24.3 Å². The fourth-order valence-corrected chi connectivity index (χ4v) is 3.06. The minimum Gasteiger partial charge on any atom is -0.359 e. The molecule has 2 atom stereocenters. The monoisotopic (exact) mass is 405 g/mol. The average Bonchev–Trinajstić information content (AvgIpc) is 3.25. The molecule has 2 N–H and O–H groups in total. The zero-order chi connectivity index (χ0) is 21.5. The molecule has 156 valence electrons. The number of hydrogen-bond acceptors (Lipinski definition) is 4. The maximum absolute atomic E-state index is 12.8. The Balaban J connectivity index is 1.63. The largest absolute Gasteiger partial charge is 0.359 e. The van der Waals surface area contributed by atoms with Crippen molar-refractivity contribution in [1.29, 1.82) is 0 Å². The van der Waals surface area contributed by atoms with Crippen molar-refractivity contribution in [1.82, 2.24) is 15.8 Å². The molecule has 1 aromatic heterocycles. The van der Waals surface area contributed by atoms with Crippen LogP contribution in [0.25, 0.3) is 11.3 Å². The Bertz CT molecular complexity index is 980. The molecule has 0 saturated heterocycles. The lowest BCUT2D eigenvalue weighted by atomic mass is 9.97. The predicted molar refractivity (Wildman–Crippen MR) is 116 cm³/mol. The first-order chi connectivity index (χ1) is 14.5. The Labute approximate surface area is 176 Å². The molecule has 2 unspecified atom stereocenters. The smallest absolute Gasteiger partial charge is 0.251 e. The number of nitrogens with one attached hydrogen (secondary N) is 2. The number of rotatable bonds is 8. The Kier molecular flexibility index (Phi) is 7.01. The van der Waals surface area contributed by atoms with Gasteiger partial charge in [0.2, 0.25) is 5.91 Å². The van der Waals surface area contributed by atoms with E-state index in [1.165, 1.54) is 5.56 Å². The highest BCUT2D eigenvalue weighted by Crippen LogP contribution is 2.19. The number of nitrogens with zero attached hydrogens (tertiary/aromatic N) is 1. The van der Waals surface area contributed by atoms with Crippen LogP contribution in [-0.2, 0) is 11.3 Å². The molecule has 0 spiro atoms. The fourth-order valence-electron chi connectivity index (χ4n) is 3.06. The molecule has 1 heterocycles. The van der Waals surface area contributed by atoms with Crippen LogP contribution in [0.15, 0.2) is 65.2 Å². The molecule has 0 aliphatic heterocycles. The highest BCUT2D eigenvalue weighted by atomic mass is 16.5. The van der Waals surface area contributed by atoms with Gasteiger partial charge in [-0.3, -0.25) is 9.59 Å². The summed E-state index contributed by atoms with van der Waals surface area (Å²) in [6, 6.07) is 18.0. The van der Waals surface area contributed by atoms with Gasteiger partial charge in [0.25, 0.3) is 5.91 Å². The second-order valence-corrected chi connectivity index (χ2v) is 7.46. The Hall–Kier alpha value is -3.41. The maximum Gasteiger partial charge on any atom is 0.251 e. The van der Waals surface area contributed by atoms with Crippen molar-refractivity contribution in [3.8, 4) is 11.3 Å². The van der Waals surface area contributed by atoms with Gasteiger partial charge in [-0.1, -0.05) is 73.5 Å².